The lowest BCUT2D eigenvalue weighted by Crippen LogP contribution is -2.36. The summed E-state index contributed by atoms with van der Waals surface area (Å²) in [5, 5.41) is 1.27. The molecule has 0 N–H and O–H groups in total. The van der Waals surface area contributed by atoms with Crippen molar-refractivity contribution >= 4 is 22.0 Å². The Morgan fingerprint density at radius 1 is 1.12 bits per heavy atom. The Kier molecular flexibility index (Phi) is 6.57. The number of carbonyl (C=O) groups excluding carboxylic acids is 1. The zero-order chi connectivity index (χ0) is 17.6. The van der Waals surface area contributed by atoms with Gasteiger partial charge in [-0.15, -0.1) is 0 Å². The molecule has 132 valence electrons. The minimum absolute atomic E-state index is 0.118. The number of carbonyl (C=O) groups is 1. The lowest BCUT2D eigenvalue weighted by molar-refractivity contribution is -0.131. The predicted molar refractivity (Wildman–Crippen MR) is 96.8 cm³/mol. The molecular weight excluding hydrogens is 324 g/mol. The third-order valence-electron chi connectivity index (χ3n) is 4.14. The fourth-order valence-electron chi connectivity index (χ4n) is 2.70. The van der Waals surface area contributed by atoms with Gasteiger partial charge in [-0.25, -0.2) is 8.42 Å². The second-order valence-electron chi connectivity index (χ2n) is 6.14. The second kappa shape index (κ2) is 8.44. The van der Waals surface area contributed by atoms with Crippen LogP contribution in [0, 0.1) is 6.92 Å². The summed E-state index contributed by atoms with van der Waals surface area (Å²) in [4.78, 5) is 13.8. The molecule has 0 radical (unpaired) electrons. The van der Waals surface area contributed by atoms with Gasteiger partial charge in [0.1, 0.15) is 0 Å². The lowest BCUT2D eigenvalue weighted by Gasteiger charge is -2.21. The van der Waals surface area contributed by atoms with Crippen molar-refractivity contribution in [3.63, 3.8) is 0 Å². The van der Waals surface area contributed by atoms with Crippen molar-refractivity contribution in [2.45, 2.75) is 33.1 Å². The first-order valence-electron chi connectivity index (χ1n) is 8.45. The molecule has 1 fully saturated rings. The Labute approximate surface area is 145 Å². The number of aryl methyl sites for hydroxylation is 1. The molecule has 2 rings (SSSR count). The van der Waals surface area contributed by atoms with Crippen LogP contribution in [0.25, 0.3) is 6.08 Å². The number of hydrogen-bond acceptors (Lipinski definition) is 3. The molecule has 1 aromatic carbocycles. The van der Waals surface area contributed by atoms with Crippen LogP contribution in [0.2, 0.25) is 0 Å². The molecule has 6 heteroatoms. The van der Waals surface area contributed by atoms with Gasteiger partial charge in [-0.05, 0) is 31.4 Å². The van der Waals surface area contributed by atoms with Crippen LogP contribution in [0.15, 0.2) is 29.7 Å². The normalized spacial score (nSPS) is 17.2. The number of sulfonamides is 1. The van der Waals surface area contributed by atoms with Gasteiger partial charge in [-0.2, -0.15) is 4.31 Å². The van der Waals surface area contributed by atoms with Crippen molar-refractivity contribution in [1.82, 2.24) is 9.21 Å². The predicted octanol–water partition coefficient (Wildman–Crippen LogP) is 2.63. The van der Waals surface area contributed by atoms with E-state index >= 15 is 0 Å². The zero-order valence-corrected chi connectivity index (χ0v) is 15.3. The number of benzene rings is 1. The largest absolute Gasteiger partial charge is 0.341 e. The Morgan fingerprint density at radius 3 is 2.50 bits per heavy atom. The van der Waals surface area contributed by atoms with Crippen LogP contribution in [-0.2, 0) is 14.8 Å². The monoisotopic (exact) mass is 350 g/mol. The van der Waals surface area contributed by atoms with Crippen molar-refractivity contribution in [2.75, 3.05) is 26.2 Å². The van der Waals surface area contributed by atoms with Gasteiger partial charge in [-0.3, -0.25) is 4.79 Å². The van der Waals surface area contributed by atoms with E-state index in [-0.39, 0.29) is 5.91 Å². The van der Waals surface area contributed by atoms with E-state index in [2.05, 4.69) is 0 Å². The van der Waals surface area contributed by atoms with E-state index < -0.39 is 10.0 Å². The van der Waals surface area contributed by atoms with Gasteiger partial charge in [0.2, 0.25) is 15.9 Å². The molecule has 0 spiro atoms. The molecule has 0 unspecified atom stereocenters. The Morgan fingerprint density at radius 2 is 1.83 bits per heavy atom. The molecule has 24 heavy (non-hydrogen) atoms. The molecule has 1 aliphatic heterocycles. The van der Waals surface area contributed by atoms with Crippen molar-refractivity contribution in [3.05, 3.63) is 40.8 Å². The molecule has 0 bridgehead atoms. The molecular formula is C18H26N2O3S. The van der Waals surface area contributed by atoms with Crippen LogP contribution >= 0.6 is 0 Å². The van der Waals surface area contributed by atoms with E-state index in [4.69, 9.17) is 0 Å². The van der Waals surface area contributed by atoms with E-state index in [9.17, 15) is 13.2 Å². The summed E-state index contributed by atoms with van der Waals surface area (Å²) in [6.07, 6.45) is 3.64. The zero-order valence-electron chi connectivity index (χ0n) is 14.4. The maximum atomic E-state index is 12.5. The van der Waals surface area contributed by atoms with Gasteiger partial charge in [0, 0.05) is 38.0 Å². The topological polar surface area (TPSA) is 57.7 Å². The number of hydrogen-bond donors (Lipinski definition) is 0. The number of amides is 1. The molecule has 1 aliphatic rings. The Hall–Kier alpha value is -1.66. The molecule has 1 aromatic rings. The number of rotatable bonds is 5. The molecule has 1 saturated heterocycles. The van der Waals surface area contributed by atoms with Crippen LogP contribution < -0.4 is 0 Å². The first kappa shape index (κ1) is 18.7. The minimum Gasteiger partial charge on any atom is -0.341 e. The van der Waals surface area contributed by atoms with Crippen molar-refractivity contribution < 1.29 is 13.2 Å². The standard InChI is InChI=1S/C18H26N2O3S/c1-3-5-18(21)19-11-4-12-20(14-13-19)24(22,23)15-10-17-8-6-16(2)7-9-17/h6-10,15H,3-5,11-14H2,1-2H3/b15-10-. The average Bonchev–Trinajstić information content (AvgIpc) is 2.81. The molecule has 5 nitrogen and oxygen atoms in total. The first-order valence-corrected chi connectivity index (χ1v) is 9.95. The maximum absolute atomic E-state index is 12.5. The summed E-state index contributed by atoms with van der Waals surface area (Å²) in [6, 6.07) is 7.70. The molecule has 1 heterocycles. The highest BCUT2D eigenvalue weighted by Crippen LogP contribution is 2.13. The van der Waals surface area contributed by atoms with Crippen molar-refractivity contribution in [2.24, 2.45) is 0 Å². The van der Waals surface area contributed by atoms with Crippen molar-refractivity contribution in [1.29, 1.82) is 0 Å². The van der Waals surface area contributed by atoms with Crippen LogP contribution in [0.4, 0.5) is 0 Å². The summed E-state index contributed by atoms with van der Waals surface area (Å²) < 4.78 is 26.5. The highest BCUT2D eigenvalue weighted by atomic mass is 32.2. The van der Waals surface area contributed by atoms with Gasteiger partial charge >= 0.3 is 0 Å². The molecule has 1 amide bonds. The van der Waals surface area contributed by atoms with Crippen LogP contribution in [0.5, 0.6) is 0 Å². The van der Waals surface area contributed by atoms with Crippen LogP contribution in [-0.4, -0.2) is 49.7 Å². The van der Waals surface area contributed by atoms with Crippen molar-refractivity contribution in [3.8, 4) is 0 Å². The third kappa shape index (κ3) is 5.18. The van der Waals surface area contributed by atoms with E-state index in [0.717, 1.165) is 17.5 Å². The Balaban J connectivity index is 2.01. The van der Waals surface area contributed by atoms with Gasteiger partial charge in [-0.1, -0.05) is 36.8 Å². The van der Waals surface area contributed by atoms with Crippen LogP contribution in [0.3, 0.4) is 0 Å². The number of nitrogens with zero attached hydrogens (tertiary/aromatic N) is 2. The third-order valence-corrected chi connectivity index (χ3v) is 5.71. The van der Waals surface area contributed by atoms with Gasteiger partial charge < -0.3 is 4.90 Å². The fourth-order valence-corrected chi connectivity index (χ4v) is 3.92. The van der Waals surface area contributed by atoms with Gasteiger partial charge in [0.15, 0.2) is 0 Å². The fraction of sp³-hybridized carbons (Fsp3) is 0.500. The SMILES string of the molecule is CCCC(=O)N1CCCN(S(=O)(=O)/C=C\c2ccc(C)cc2)CC1. The van der Waals surface area contributed by atoms with Gasteiger partial charge in [0.25, 0.3) is 0 Å². The summed E-state index contributed by atoms with van der Waals surface area (Å²) in [5.41, 5.74) is 2.00. The lowest BCUT2D eigenvalue weighted by atomic mass is 10.2. The summed E-state index contributed by atoms with van der Waals surface area (Å²) in [5.74, 6) is 0.118. The first-order chi connectivity index (χ1) is 11.4. The van der Waals surface area contributed by atoms with E-state index in [0.29, 0.717) is 39.0 Å². The van der Waals surface area contributed by atoms with E-state index in [1.807, 2.05) is 38.1 Å². The summed E-state index contributed by atoms with van der Waals surface area (Å²) in [7, 11) is -3.46. The quantitative estimate of drug-likeness (QED) is 0.820. The molecule has 0 atom stereocenters. The van der Waals surface area contributed by atoms with Crippen LogP contribution in [0.1, 0.15) is 37.3 Å². The second-order valence-corrected chi connectivity index (χ2v) is 7.96. The summed E-state index contributed by atoms with van der Waals surface area (Å²) >= 11 is 0. The highest BCUT2D eigenvalue weighted by molar-refractivity contribution is 7.92. The smallest absolute Gasteiger partial charge is 0.236 e. The highest BCUT2D eigenvalue weighted by Gasteiger charge is 2.24. The summed E-state index contributed by atoms with van der Waals surface area (Å²) in [6.45, 7) is 5.88. The maximum Gasteiger partial charge on any atom is 0.236 e. The van der Waals surface area contributed by atoms with E-state index in [1.54, 1.807) is 11.0 Å². The Bertz CT molecular complexity index is 681. The molecule has 0 aliphatic carbocycles. The minimum atomic E-state index is -3.46. The van der Waals surface area contributed by atoms with Gasteiger partial charge in [0.05, 0.1) is 0 Å². The molecule has 0 saturated carbocycles. The average molecular weight is 350 g/mol. The molecule has 0 aromatic heterocycles. The van der Waals surface area contributed by atoms with E-state index in [1.165, 1.54) is 9.71 Å².